The number of nitrogens with zero attached hydrogens (tertiary/aromatic N) is 1. The number of carbonyl (C=O) groups is 1. The molecule has 21 heavy (non-hydrogen) atoms. The Hall–Kier alpha value is -1.78. The van der Waals surface area contributed by atoms with Crippen molar-refractivity contribution in [3.05, 3.63) is 56.6 Å². The molecule has 0 unspecified atom stereocenters. The molecule has 0 saturated carbocycles. The van der Waals surface area contributed by atoms with E-state index in [-0.39, 0.29) is 12.5 Å². The number of nitriles is 1. The van der Waals surface area contributed by atoms with Gasteiger partial charge in [-0.25, -0.2) is 0 Å². The normalized spacial score (nSPS) is 9.76. The molecule has 0 aliphatic carbocycles. The van der Waals surface area contributed by atoms with Crippen LogP contribution in [0.3, 0.4) is 0 Å². The number of benzene rings is 2. The van der Waals surface area contributed by atoms with Gasteiger partial charge in [0.1, 0.15) is 11.8 Å². The summed E-state index contributed by atoms with van der Waals surface area (Å²) < 4.78 is 6.03. The first kappa shape index (κ1) is 15.6. The molecule has 0 spiro atoms. The fraction of sp³-hybridized carbons (Fsp3) is 0.0667. The van der Waals surface area contributed by atoms with E-state index in [1.165, 1.54) is 0 Å². The maximum Gasteiger partial charge on any atom is 0.255 e. The Labute approximate surface area is 140 Å². The van der Waals surface area contributed by atoms with Crippen molar-refractivity contribution in [1.29, 1.82) is 5.26 Å². The number of amides is 1. The quantitative estimate of drug-likeness (QED) is 0.769. The fourth-order valence-electron chi connectivity index (χ4n) is 1.59. The van der Waals surface area contributed by atoms with Gasteiger partial charge in [-0.15, -0.1) is 0 Å². The summed E-state index contributed by atoms with van der Waals surface area (Å²) in [5.41, 5.74) is 1.13. The van der Waals surface area contributed by atoms with Crippen LogP contribution in [0.1, 0.15) is 10.4 Å². The van der Waals surface area contributed by atoms with Gasteiger partial charge in [0.05, 0.1) is 5.02 Å². The van der Waals surface area contributed by atoms with E-state index in [0.717, 1.165) is 3.57 Å². The fourth-order valence-corrected chi connectivity index (χ4v) is 2.11. The van der Waals surface area contributed by atoms with Crippen molar-refractivity contribution < 1.29 is 9.53 Å². The van der Waals surface area contributed by atoms with Gasteiger partial charge >= 0.3 is 0 Å². The van der Waals surface area contributed by atoms with Gasteiger partial charge in [0.25, 0.3) is 5.91 Å². The first-order valence-corrected chi connectivity index (χ1v) is 7.42. The van der Waals surface area contributed by atoms with Gasteiger partial charge in [0.2, 0.25) is 0 Å². The van der Waals surface area contributed by atoms with Gasteiger partial charge in [-0.2, -0.15) is 5.26 Å². The van der Waals surface area contributed by atoms with Gasteiger partial charge in [0.15, 0.2) is 6.61 Å². The highest BCUT2D eigenvalue weighted by Crippen LogP contribution is 2.21. The van der Waals surface area contributed by atoms with Crippen LogP contribution < -0.4 is 10.1 Å². The summed E-state index contributed by atoms with van der Waals surface area (Å²) in [7, 11) is 0. The van der Waals surface area contributed by atoms with E-state index in [0.29, 0.717) is 22.0 Å². The number of halogens is 2. The van der Waals surface area contributed by atoms with E-state index in [1.54, 1.807) is 42.5 Å². The number of hydrogen-bond donors (Lipinski definition) is 1. The van der Waals surface area contributed by atoms with Crippen molar-refractivity contribution in [2.45, 2.75) is 0 Å². The van der Waals surface area contributed by atoms with Crippen LogP contribution >= 0.6 is 34.2 Å². The Bertz CT molecular complexity index is 696. The lowest BCUT2D eigenvalue weighted by molar-refractivity contribution is 0.102. The molecule has 6 heteroatoms. The number of nitrogens with one attached hydrogen (secondary N) is 1. The van der Waals surface area contributed by atoms with Gasteiger partial charge in [-0.05, 0) is 65.1 Å². The summed E-state index contributed by atoms with van der Waals surface area (Å²) >= 11 is 8.10. The third-order valence-electron chi connectivity index (χ3n) is 2.60. The molecular weight excluding hydrogens is 403 g/mol. The minimum Gasteiger partial charge on any atom is -0.479 e. The highest BCUT2D eigenvalue weighted by atomic mass is 127. The Morgan fingerprint density at radius 2 is 2.00 bits per heavy atom. The van der Waals surface area contributed by atoms with E-state index in [9.17, 15) is 4.79 Å². The molecule has 0 radical (unpaired) electrons. The van der Waals surface area contributed by atoms with Crippen LogP contribution in [0.2, 0.25) is 5.02 Å². The monoisotopic (exact) mass is 412 g/mol. The molecule has 1 amide bonds. The summed E-state index contributed by atoms with van der Waals surface area (Å²) in [5.74, 6) is 0.339. The average molecular weight is 413 g/mol. The van der Waals surface area contributed by atoms with Crippen molar-refractivity contribution in [3.63, 3.8) is 0 Å². The maximum atomic E-state index is 12.1. The molecule has 0 saturated heterocycles. The molecule has 2 aromatic carbocycles. The predicted molar refractivity (Wildman–Crippen MR) is 89.7 cm³/mol. The molecule has 2 rings (SSSR count). The van der Waals surface area contributed by atoms with Crippen molar-refractivity contribution in [2.75, 3.05) is 11.9 Å². The molecule has 0 heterocycles. The van der Waals surface area contributed by atoms with Gasteiger partial charge < -0.3 is 10.1 Å². The van der Waals surface area contributed by atoms with E-state index in [1.807, 2.05) is 6.07 Å². The van der Waals surface area contributed by atoms with Crippen molar-refractivity contribution >= 4 is 45.8 Å². The first-order valence-electron chi connectivity index (χ1n) is 5.96. The van der Waals surface area contributed by atoms with Gasteiger partial charge in [-0.3, -0.25) is 4.79 Å². The molecule has 0 aliphatic heterocycles. The summed E-state index contributed by atoms with van der Waals surface area (Å²) in [5, 5.41) is 11.7. The molecule has 0 aliphatic rings. The Morgan fingerprint density at radius 1 is 1.29 bits per heavy atom. The maximum absolute atomic E-state index is 12.1. The second-order valence-corrected chi connectivity index (χ2v) is 5.62. The SMILES string of the molecule is N#CCOc1ccc(NC(=O)c2ccc(I)c(Cl)c2)cc1. The predicted octanol–water partition coefficient (Wildman–Crippen LogP) is 4.10. The van der Waals surface area contributed by atoms with Crippen LogP contribution in [0.15, 0.2) is 42.5 Å². The Kier molecular flexibility index (Phi) is 5.42. The summed E-state index contributed by atoms with van der Waals surface area (Å²) in [6.07, 6.45) is 0. The Balaban J connectivity index is 2.05. The van der Waals surface area contributed by atoms with Crippen LogP contribution in [0.4, 0.5) is 5.69 Å². The third-order valence-corrected chi connectivity index (χ3v) is 4.17. The topological polar surface area (TPSA) is 62.1 Å². The highest BCUT2D eigenvalue weighted by molar-refractivity contribution is 14.1. The van der Waals surface area contributed by atoms with Gasteiger partial charge in [-0.1, -0.05) is 11.6 Å². The molecular formula is C15H10ClIN2O2. The second-order valence-electron chi connectivity index (χ2n) is 4.05. The average Bonchev–Trinajstić information content (AvgIpc) is 2.49. The van der Waals surface area contributed by atoms with Crippen LogP contribution in [0, 0.1) is 14.9 Å². The highest BCUT2D eigenvalue weighted by Gasteiger charge is 2.08. The minimum atomic E-state index is -0.237. The molecule has 106 valence electrons. The summed E-state index contributed by atoms with van der Waals surface area (Å²) in [6.45, 7) is -0.00709. The zero-order valence-electron chi connectivity index (χ0n) is 10.8. The van der Waals surface area contributed by atoms with E-state index in [2.05, 4.69) is 27.9 Å². The number of hydrogen-bond acceptors (Lipinski definition) is 3. The molecule has 0 aromatic heterocycles. The molecule has 2 aromatic rings. The van der Waals surface area contributed by atoms with Gasteiger partial charge in [0, 0.05) is 14.8 Å². The van der Waals surface area contributed by atoms with E-state index in [4.69, 9.17) is 21.6 Å². The number of carbonyl (C=O) groups excluding carboxylic acids is 1. The molecule has 1 N–H and O–H groups in total. The zero-order chi connectivity index (χ0) is 15.2. The lowest BCUT2D eigenvalue weighted by atomic mass is 10.2. The van der Waals surface area contributed by atoms with E-state index < -0.39 is 0 Å². The van der Waals surface area contributed by atoms with Crippen molar-refractivity contribution in [3.8, 4) is 11.8 Å². The second kappa shape index (κ2) is 7.29. The first-order chi connectivity index (χ1) is 10.1. The number of rotatable bonds is 4. The molecule has 0 fully saturated rings. The summed E-state index contributed by atoms with van der Waals surface area (Å²) in [6, 6.07) is 13.8. The van der Waals surface area contributed by atoms with Crippen LogP contribution in [-0.4, -0.2) is 12.5 Å². The van der Waals surface area contributed by atoms with Crippen molar-refractivity contribution in [2.24, 2.45) is 0 Å². The smallest absolute Gasteiger partial charge is 0.255 e. The van der Waals surface area contributed by atoms with Crippen LogP contribution in [0.25, 0.3) is 0 Å². The standard InChI is InChI=1S/C15H10ClIN2O2/c16-13-9-10(1-6-14(13)17)15(20)19-11-2-4-12(5-3-11)21-8-7-18/h1-6,9H,8H2,(H,19,20). The third kappa shape index (κ3) is 4.34. The number of anilines is 1. The van der Waals surface area contributed by atoms with Crippen molar-refractivity contribution in [1.82, 2.24) is 0 Å². The molecule has 0 atom stereocenters. The van der Waals surface area contributed by atoms with Crippen LogP contribution in [0.5, 0.6) is 5.75 Å². The number of ether oxygens (including phenoxy) is 1. The minimum absolute atomic E-state index is 0.00709. The lowest BCUT2D eigenvalue weighted by Gasteiger charge is -2.07. The summed E-state index contributed by atoms with van der Waals surface area (Å²) in [4.78, 5) is 12.1. The molecule has 0 bridgehead atoms. The molecule has 4 nitrogen and oxygen atoms in total. The Morgan fingerprint density at radius 3 is 2.62 bits per heavy atom. The van der Waals surface area contributed by atoms with E-state index >= 15 is 0 Å². The zero-order valence-corrected chi connectivity index (χ0v) is 13.7. The lowest BCUT2D eigenvalue weighted by Crippen LogP contribution is -2.11. The largest absolute Gasteiger partial charge is 0.479 e. The van der Waals surface area contributed by atoms with Crippen LogP contribution in [-0.2, 0) is 0 Å².